The number of benzene rings is 1. The summed E-state index contributed by atoms with van der Waals surface area (Å²) in [6, 6.07) is 14.0. The summed E-state index contributed by atoms with van der Waals surface area (Å²) in [7, 11) is 1.66. The smallest absolute Gasteiger partial charge is 0.144 e. The Morgan fingerprint density at radius 3 is 2.70 bits per heavy atom. The molecule has 1 atom stereocenters. The first-order valence-electron chi connectivity index (χ1n) is 6.46. The minimum absolute atomic E-state index is 0.188. The average Bonchev–Trinajstić information content (AvgIpc) is 2.53. The van der Waals surface area contributed by atoms with Crippen LogP contribution >= 0.6 is 0 Å². The summed E-state index contributed by atoms with van der Waals surface area (Å²) < 4.78 is 5.14. The van der Waals surface area contributed by atoms with Crippen LogP contribution in [-0.2, 0) is 6.54 Å². The van der Waals surface area contributed by atoms with Gasteiger partial charge >= 0.3 is 0 Å². The van der Waals surface area contributed by atoms with Crippen molar-refractivity contribution >= 4 is 0 Å². The fourth-order valence-electron chi connectivity index (χ4n) is 1.96. The van der Waals surface area contributed by atoms with Crippen LogP contribution in [0.1, 0.15) is 29.8 Å². The number of methoxy groups -OCH3 is 1. The number of rotatable bonds is 5. The zero-order valence-corrected chi connectivity index (χ0v) is 11.6. The molecule has 0 aliphatic heterocycles. The molecule has 0 aliphatic rings. The van der Waals surface area contributed by atoms with Crippen molar-refractivity contribution in [3.63, 3.8) is 0 Å². The molecule has 102 valence electrons. The third kappa shape index (κ3) is 3.34. The molecule has 1 N–H and O–H groups in total. The molecule has 0 saturated heterocycles. The maximum atomic E-state index is 9.00. The van der Waals surface area contributed by atoms with Gasteiger partial charge in [-0.1, -0.05) is 18.2 Å². The molecular formula is C16H17N3O. The number of ether oxygens (including phenoxy) is 1. The molecule has 0 amide bonds. The molecule has 0 unspecified atom stereocenters. The Labute approximate surface area is 119 Å². The Hall–Kier alpha value is -2.38. The van der Waals surface area contributed by atoms with Gasteiger partial charge in [0.2, 0.25) is 0 Å². The van der Waals surface area contributed by atoms with E-state index in [2.05, 4.69) is 23.3 Å². The van der Waals surface area contributed by atoms with Gasteiger partial charge in [0, 0.05) is 24.3 Å². The van der Waals surface area contributed by atoms with Gasteiger partial charge in [-0.2, -0.15) is 5.26 Å². The summed E-state index contributed by atoms with van der Waals surface area (Å²) in [5.74, 6) is 0.847. The second-order valence-corrected chi connectivity index (χ2v) is 4.50. The van der Waals surface area contributed by atoms with Crippen LogP contribution in [0.5, 0.6) is 5.75 Å². The van der Waals surface area contributed by atoms with Gasteiger partial charge in [0.15, 0.2) is 0 Å². The molecule has 0 aliphatic carbocycles. The van der Waals surface area contributed by atoms with Crippen LogP contribution in [0, 0.1) is 11.3 Å². The van der Waals surface area contributed by atoms with Crippen LogP contribution in [0.25, 0.3) is 0 Å². The monoisotopic (exact) mass is 267 g/mol. The van der Waals surface area contributed by atoms with Crippen LogP contribution in [-0.4, -0.2) is 12.1 Å². The van der Waals surface area contributed by atoms with Gasteiger partial charge in [0.25, 0.3) is 0 Å². The molecule has 4 heteroatoms. The molecule has 20 heavy (non-hydrogen) atoms. The standard InChI is InChI=1S/C16H17N3O/c1-12(13-5-7-15(20-2)8-6-13)19-11-14-4-3-9-18-16(14)10-17/h3-9,12,19H,11H2,1-2H3/t12-/m0/s1. The molecule has 1 aromatic heterocycles. The van der Waals surface area contributed by atoms with Gasteiger partial charge in [0.1, 0.15) is 17.5 Å². The van der Waals surface area contributed by atoms with Crippen LogP contribution < -0.4 is 10.1 Å². The SMILES string of the molecule is COc1ccc([C@H](C)NCc2cccnc2C#N)cc1. The minimum atomic E-state index is 0.188. The fourth-order valence-corrected chi connectivity index (χ4v) is 1.96. The Kier molecular flexibility index (Phi) is 4.70. The quantitative estimate of drug-likeness (QED) is 0.905. The van der Waals surface area contributed by atoms with E-state index in [4.69, 9.17) is 10.00 Å². The summed E-state index contributed by atoms with van der Waals surface area (Å²) in [5, 5.41) is 12.4. The highest BCUT2D eigenvalue weighted by molar-refractivity contribution is 5.31. The van der Waals surface area contributed by atoms with E-state index in [9.17, 15) is 0 Å². The highest BCUT2D eigenvalue weighted by Crippen LogP contribution is 2.17. The fraction of sp³-hybridized carbons (Fsp3) is 0.250. The number of nitriles is 1. The van der Waals surface area contributed by atoms with Gasteiger partial charge in [0.05, 0.1) is 7.11 Å². The molecule has 1 heterocycles. The van der Waals surface area contributed by atoms with Crippen LogP contribution in [0.3, 0.4) is 0 Å². The Balaban J connectivity index is 2.01. The van der Waals surface area contributed by atoms with Gasteiger partial charge < -0.3 is 10.1 Å². The van der Waals surface area contributed by atoms with E-state index < -0.39 is 0 Å². The molecule has 0 saturated carbocycles. The maximum Gasteiger partial charge on any atom is 0.144 e. The first-order chi connectivity index (χ1) is 9.74. The molecule has 0 spiro atoms. The Bertz CT molecular complexity index is 602. The van der Waals surface area contributed by atoms with Gasteiger partial charge in [-0.05, 0) is 30.7 Å². The number of nitrogens with one attached hydrogen (secondary N) is 1. The van der Waals surface area contributed by atoms with Crippen LogP contribution in [0.4, 0.5) is 0 Å². The number of nitrogens with zero attached hydrogens (tertiary/aromatic N) is 2. The summed E-state index contributed by atoms with van der Waals surface area (Å²) >= 11 is 0. The predicted octanol–water partition coefficient (Wildman–Crippen LogP) is 2.81. The van der Waals surface area contributed by atoms with Crippen molar-refractivity contribution in [1.29, 1.82) is 5.26 Å². The normalized spacial score (nSPS) is 11.7. The summed E-state index contributed by atoms with van der Waals surface area (Å²) in [4.78, 5) is 4.05. The third-order valence-electron chi connectivity index (χ3n) is 3.21. The number of hydrogen-bond acceptors (Lipinski definition) is 4. The second-order valence-electron chi connectivity index (χ2n) is 4.50. The molecule has 2 rings (SSSR count). The first-order valence-corrected chi connectivity index (χ1v) is 6.46. The van der Waals surface area contributed by atoms with Gasteiger partial charge in [-0.15, -0.1) is 0 Å². The molecule has 0 bridgehead atoms. The average molecular weight is 267 g/mol. The summed E-state index contributed by atoms with van der Waals surface area (Å²) in [6.07, 6.45) is 1.63. The zero-order chi connectivity index (χ0) is 14.4. The lowest BCUT2D eigenvalue weighted by Crippen LogP contribution is -2.18. The number of aromatic nitrogens is 1. The molecule has 1 aromatic carbocycles. The number of pyridine rings is 1. The van der Waals surface area contributed by atoms with Crippen molar-refractivity contribution in [2.45, 2.75) is 19.5 Å². The lowest BCUT2D eigenvalue weighted by molar-refractivity contribution is 0.414. The molecule has 0 fully saturated rings. The Morgan fingerprint density at radius 1 is 1.30 bits per heavy atom. The van der Waals surface area contributed by atoms with Crippen molar-refractivity contribution in [2.75, 3.05) is 7.11 Å². The minimum Gasteiger partial charge on any atom is -0.497 e. The summed E-state index contributed by atoms with van der Waals surface area (Å²) in [5.41, 5.74) is 2.56. The lowest BCUT2D eigenvalue weighted by Gasteiger charge is -2.15. The molecule has 4 nitrogen and oxygen atoms in total. The van der Waals surface area contributed by atoms with E-state index in [0.29, 0.717) is 12.2 Å². The number of hydrogen-bond donors (Lipinski definition) is 1. The van der Waals surface area contributed by atoms with Crippen molar-refractivity contribution in [3.8, 4) is 11.8 Å². The van der Waals surface area contributed by atoms with Crippen molar-refractivity contribution in [1.82, 2.24) is 10.3 Å². The van der Waals surface area contributed by atoms with Crippen LogP contribution in [0.2, 0.25) is 0 Å². The lowest BCUT2D eigenvalue weighted by atomic mass is 10.1. The largest absolute Gasteiger partial charge is 0.497 e. The van der Waals surface area contributed by atoms with Crippen molar-refractivity contribution < 1.29 is 4.74 Å². The van der Waals surface area contributed by atoms with Crippen molar-refractivity contribution in [3.05, 3.63) is 59.4 Å². The summed E-state index contributed by atoms with van der Waals surface area (Å²) in [6.45, 7) is 2.70. The molecule has 0 radical (unpaired) electrons. The van der Waals surface area contributed by atoms with E-state index in [1.54, 1.807) is 13.3 Å². The van der Waals surface area contributed by atoms with Gasteiger partial charge in [-0.25, -0.2) is 4.98 Å². The first kappa shape index (κ1) is 14.0. The molecule has 2 aromatic rings. The molecular weight excluding hydrogens is 250 g/mol. The maximum absolute atomic E-state index is 9.00. The zero-order valence-electron chi connectivity index (χ0n) is 11.6. The van der Waals surface area contributed by atoms with E-state index in [-0.39, 0.29) is 6.04 Å². The van der Waals surface area contributed by atoms with E-state index in [1.165, 1.54) is 5.56 Å². The van der Waals surface area contributed by atoms with Gasteiger partial charge in [-0.3, -0.25) is 0 Å². The van der Waals surface area contributed by atoms with Crippen molar-refractivity contribution in [2.24, 2.45) is 0 Å². The van der Waals surface area contributed by atoms with Crippen LogP contribution in [0.15, 0.2) is 42.6 Å². The predicted molar refractivity (Wildman–Crippen MR) is 77.2 cm³/mol. The third-order valence-corrected chi connectivity index (χ3v) is 3.21. The second kappa shape index (κ2) is 6.69. The van der Waals surface area contributed by atoms with E-state index >= 15 is 0 Å². The topological polar surface area (TPSA) is 57.9 Å². The highest BCUT2D eigenvalue weighted by Gasteiger charge is 2.07. The van der Waals surface area contributed by atoms with E-state index in [1.807, 2.05) is 36.4 Å². The Morgan fingerprint density at radius 2 is 2.05 bits per heavy atom. The van der Waals surface area contributed by atoms with E-state index in [0.717, 1.165) is 11.3 Å². The highest BCUT2D eigenvalue weighted by atomic mass is 16.5.